The van der Waals surface area contributed by atoms with Crippen molar-refractivity contribution in [1.29, 1.82) is 0 Å². The van der Waals surface area contributed by atoms with Crippen molar-refractivity contribution in [3.63, 3.8) is 0 Å². The van der Waals surface area contributed by atoms with E-state index in [9.17, 15) is 0 Å². The topological polar surface area (TPSA) is 16.4 Å². The number of para-hydroxylation sites is 1. The molecular formula is C44H35NO. The van der Waals surface area contributed by atoms with Gasteiger partial charge in [0.2, 0.25) is 0 Å². The fourth-order valence-corrected chi connectivity index (χ4v) is 11.0. The van der Waals surface area contributed by atoms with Gasteiger partial charge in [0.15, 0.2) is 0 Å². The number of rotatable bonds is 3. The molecule has 5 aliphatic carbocycles. The van der Waals surface area contributed by atoms with E-state index in [4.69, 9.17) is 4.42 Å². The van der Waals surface area contributed by atoms with Gasteiger partial charge in [-0.1, -0.05) is 84.9 Å². The van der Waals surface area contributed by atoms with Gasteiger partial charge in [0, 0.05) is 32.9 Å². The molecule has 4 saturated carbocycles. The Bertz CT molecular complexity index is 2330. The molecule has 0 N–H and O–H groups in total. The molecule has 0 amide bonds. The maximum atomic E-state index is 6.28. The van der Waals surface area contributed by atoms with E-state index in [1.165, 1.54) is 65.4 Å². The minimum Gasteiger partial charge on any atom is -0.456 e. The Hall–Kier alpha value is -4.82. The van der Waals surface area contributed by atoms with Crippen LogP contribution in [-0.4, -0.2) is 0 Å². The van der Waals surface area contributed by atoms with Crippen molar-refractivity contribution >= 4 is 49.8 Å². The molecule has 12 rings (SSSR count). The molecule has 7 aromatic rings. The molecule has 0 aliphatic heterocycles. The van der Waals surface area contributed by atoms with Crippen LogP contribution in [0.4, 0.5) is 17.1 Å². The average Bonchev–Trinajstić information content (AvgIpc) is 3.61. The highest BCUT2D eigenvalue weighted by atomic mass is 16.3. The summed E-state index contributed by atoms with van der Waals surface area (Å²) in [7, 11) is 0. The first-order chi connectivity index (χ1) is 22.8. The van der Waals surface area contributed by atoms with Crippen LogP contribution in [0.25, 0.3) is 43.8 Å². The highest BCUT2D eigenvalue weighted by Gasteiger charge is 2.61. The predicted octanol–water partition coefficient (Wildman–Crippen LogP) is 11.9. The van der Waals surface area contributed by atoms with E-state index in [1.807, 2.05) is 0 Å². The summed E-state index contributed by atoms with van der Waals surface area (Å²) in [4.78, 5) is 2.51. The van der Waals surface area contributed by atoms with Crippen LogP contribution in [0.5, 0.6) is 0 Å². The summed E-state index contributed by atoms with van der Waals surface area (Å²) in [5.74, 6) is 3.33. The molecule has 1 aromatic heterocycles. The van der Waals surface area contributed by atoms with Crippen LogP contribution in [0.1, 0.15) is 43.2 Å². The lowest BCUT2D eigenvalue weighted by atomic mass is 9.43. The summed E-state index contributed by atoms with van der Waals surface area (Å²) in [5.41, 5.74) is 11.7. The van der Waals surface area contributed by atoms with Gasteiger partial charge in [0.05, 0.1) is 5.69 Å². The molecule has 46 heavy (non-hydrogen) atoms. The molecule has 5 aliphatic rings. The normalized spacial score (nSPS) is 25.5. The van der Waals surface area contributed by atoms with Crippen LogP contribution in [-0.2, 0) is 5.41 Å². The second kappa shape index (κ2) is 9.13. The fraction of sp³-hybridized carbons (Fsp3) is 0.227. The number of anilines is 3. The molecule has 0 radical (unpaired) electrons. The first-order valence-electron chi connectivity index (χ1n) is 17.2. The second-order valence-corrected chi connectivity index (χ2v) is 14.6. The molecule has 2 nitrogen and oxygen atoms in total. The van der Waals surface area contributed by atoms with Crippen molar-refractivity contribution in [2.24, 2.45) is 23.7 Å². The Labute approximate surface area is 269 Å². The van der Waals surface area contributed by atoms with Crippen molar-refractivity contribution in [2.45, 2.75) is 37.5 Å². The van der Waals surface area contributed by atoms with Gasteiger partial charge >= 0.3 is 0 Å². The van der Waals surface area contributed by atoms with E-state index in [0.29, 0.717) is 0 Å². The lowest BCUT2D eigenvalue weighted by molar-refractivity contribution is -0.0399. The fourth-order valence-electron chi connectivity index (χ4n) is 11.0. The molecule has 1 spiro atoms. The average molecular weight is 594 g/mol. The number of hydrogen-bond acceptors (Lipinski definition) is 2. The summed E-state index contributed by atoms with van der Waals surface area (Å²) in [5, 5.41) is 4.83. The Morgan fingerprint density at radius 1 is 0.500 bits per heavy atom. The van der Waals surface area contributed by atoms with Crippen molar-refractivity contribution in [3.8, 4) is 11.1 Å². The monoisotopic (exact) mass is 593 g/mol. The van der Waals surface area contributed by atoms with Crippen molar-refractivity contribution < 1.29 is 4.42 Å². The summed E-state index contributed by atoms with van der Waals surface area (Å²) in [6, 6.07) is 47.5. The van der Waals surface area contributed by atoms with E-state index < -0.39 is 0 Å². The molecule has 2 heteroatoms. The molecule has 0 saturated heterocycles. The zero-order chi connectivity index (χ0) is 30.0. The molecule has 4 bridgehead atoms. The summed E-state index contributed by atoms with van der Waals surface area (Å²) in [6.07, 6.45) is 7.03. The van der Waals surface area contributed by atoms with E-state index in [2.05, 4.69) is 132 Å². The largest absolute Gasteiger partial charge is 0.456 e. The molecule has 4 fully saturated rings. The Kier molecular flexibility index (Phi) is 5.04. The van der Waals surface area contributed by atoms with Gasteiger partial charge in [-0.3, -0.25) is 0 Å². The van der Waals surface area contributed by atoms with Gasteiger partial charge in [0.1, 0.15) is 11.2 Å². The number of fused-ring (bicyclic) bond motifs is 7. The van der Waals surface area contributed by atoms with Crippen LogP contribution >= 0.6 is 0 Å². The number of furan rings is 1. The van der Waals surface area contributed by atoms with Gasteiger partial charge in [-0.2, -0.15) is 0 Å². The highest BCUT2D eigenvalue weighted by Crippen LogP contribution is 2.69. The second-order valence-electron chi connectivity index (χ2n) is 14.6. The molecule has 0 atom stereocenters. The first kappa shape index (κ1) is 25.4. The number of hydrogen-bond donors (Lipinski definition) is 0. The zero-order valence-electron chi connectivity index (χ0n) is 25.8. The van der Waals surface area contributed by atoms with Gasteiger partial charge in [-0.05, 0) is 126 Å². The van der Waals surface area contributed by atoms with Crippen molar-refractivity contribution in [1.82, 2.24) is 0 Å². The quantitative estimate of drug-likeness (QED) is 0.203. The van der Waals surface area contributed by atoms with Gasteiger partial charge < -0.3 is 9.32 Å². The number of nitrogens with zero attached hydrogens (tertiary/aromatic N) is 1. The zero-order valence-corrected chi connectivity index (χ0v) is 25.8. The molecule has 6 aromatic carbocycles. The van der Waals surface area contributed by atoms with Crippen LogP contribution in [0.2, 0.25) is 0 Å². The lowest BCUT2D eigenvalue weighted by Gasteiger charge is -2.61. The minimum absolute atomic E-state index is 0.129. The van der Waals surface area contributed by atoms with E-state index in [1.54, 1.807) is 11.1 Å². The van der Waals surface area contributed by atoms with E-state index in [0.717, 1.165) is 51.3 Å². The van der Waals surface area contributed by atoms with Crippen LogP contribution in [0.15, 0.2) is 132 Å². The third-order valence-corrected chi connectivity index (χ3v) is 12.4. The minimum atomic E-state index is 0.129. The molecular weight excluding hydrogens is 558 g/mol. The lowest BCUT2D eigenvalue weighted by Crippen LogP contribution is -2.55. The van der Waals surface area contributed by atoms with Crippen molar-refractivity contribution in [2.75, 3.05) is 4.90 Å². The summed E-state index contributed by atoms with van der Waals surface area (Å²) in [6.45, 7) is 0. The maximum Gasteiger partial charge on any atom is 0.135 e. The van der Waals surface area contributed by atoms with Crippen LogP contribution < -0.4 is 4.90 Å². The van der Waals surface area contributed by atoms with Gasteiger partial charge in [0.25, 0.3) is 0 Å². The van der Waals surface area contributed by atoms with Gasteiger partial charge in [-0.15, -0.1) is 0 Å². The Morgan fingerprint density at radius 2 is 1.15 bits per heavy atom. The summed E-state index contributed by atoms with van der Waals surface area (Å²) < 4.78 is 6.28. The third-order valence-electron chi connectivity index (χ3n) is 12.4. The van der Waals surface area contributed by atoms with Crippen LogP contribution in [0, 0.1) is 23.7 Å². The molecule has 1 heterocycles. The Morgan fingerprint density at radius 3 is 2.02 bits per heavy atom. The SMILES string of the molecule is c1ccc2c(c1)-c1ccc(N(c3ccc4oc5ccccc5c4c3)c3cccc4ccccc34)cc1C21C2CC3CC(C2)CC1C3. The highest BCUT2D eigenvalue weighted by molar-refractivity contribution is 6.07. The maximum absolute atomic E-state index is 6.28. The van der Waals surface area contributed by atoms with E-state index in [-0.39, 0.29) is 5.41 Å². The van der Waals surface area contributed by atoms with Crippen LogP contribution in [0.3, 0.4) is 0 Å². The van der Waals surface area contributed by atoms with E-state index >= 15 is 0 Å². The molecule has 0 unspecified atom stereocenters. The first-order valence-corrected chi connectivity index (χ1v) is 17.2. The summed E-state index contributed by atoms with van der Waals surface area (Å²) >= 11 is 0. The number of benzene rings is 6. The standard InChI is InChI=1S/C44H35NO/c1-2-10-34-29(8-1)9-7-14-41(34)45(32-17-19-43-38(25-32)37-12-4-6-15-42(37)46-43)33-16-18-36-35-11-3-5-13-39(35)44(40(36)26-33)30-21-27-20-28(23-30)24-31(44)22-27/h1-19,25-28,30-31H,20-24H2. The smallest absolute Gasteiger partial charge is 0.135 e. The third kappa shape index (κ3) is 3.27. The van der Waals surface area contributed by atoms with Crippen molar-refractivity contribution in [3.05, 3.63) is 139 Å². The molecule has 222 valence electrons. The Balaban J connectivity index is 1.17. The van der Waals surface area contributed by atoms with Gasteiger partial charge in [-0.25, -0.2) is 0 Å². The predicted molar refractivity (Wildman–Crippen MR) is 189 cm³/mol.